The average molecular weight is 437 g/mol. The van der Waals surface area contributed by atoms with E-state index < -0.39 is 24.4 Å². The number of hydrogen-bond donors (Lipinski definition) is 2. The number of ether oxygens (including phenoxy) is 1. The highest BCUT2D eigenvalue weighted by Gasteiger charge is 2.11. The minimum Gasteiger partial charge on any atom is -0.455 e. The molecular weight excluding hydrogens is 420 g/mol. The molecule has 6 nitrogen and oxygen atoms in total. The van der Waals surface area contributed by atoms with Crippen LogP contribution in [0.25, 0.3) is 0 Å². The molecule has 0 bridgehead atoms. The van der Waals surface area contributed by atoms with Gasteiger partial charge in [-0.1, -0.05) is 34.1 Å². The summed E-state index contributed by atoms with van der Waals surface area (Å²) in [7, 11) is 0. The van der Waals surface area contributed by atoms with E-state index in [9.17, 15) is 14.4 Å². The molecule has 0 fully saturated rings. The zero-order chi connectivity index (χ0) is 18.9. The fourth-order valence-corrected chi connectivity index (χ4v) is 3.21. The number of nitrogens with one attached hydrogen (secondary N) is 2. The number of carbonyl (C=O) groups is 3. The quantitative estimate of drug-likeness (QED) is 0.413. The topological polar surface area (TPSA) is 84.5 Å². The van der Waals surface area contributed by atoms with Gasteiger partial charge in [-0.05, 0) is 42.8 Å². The van der Waals surface area contributed by atoms with Crippen molar-refractivity contribution in [3.05, 3.63) is 64.1 Å². The molecule has 0 spiro atoms. The van der Waals surface area contributed by atoms with E-state index in [2.05, 4.69) is 26.8 Å². The van der Waals surface area contributed by atoms with Crippen LogP contribution in [0.1, 0.15) is 15.9 Å². The maximum Gasteiger partial charge on any atom is 0.316 e. The molecule has 0 aromatic heterocycles. The van der Waals surface area contributed by atoms with E-state index in [1.807, 2.05) is 25.1 Å². The van der Waals surface area contributed by atoms with E-state index in [-0.39, 0.29) is 5.75 Å². The predicted molar refractivity (Wildman–Crippen MR) is 103 cm³/mol. The van der Waals surface area contributed by atoms with Gasteiger partial charge in [0.2, 0.25) is 0 Å². The molecule has 2 amide bonds. The summed E-state index contributed by atoms with van der Waals surface area (Å²) in [5, 5.41) is 0. The Labute approximate surface area is 163 Å². The van der Waals surface area contributed by atoms with Gasteiger partial charge in [-0.15, -0.1) is 11.8 Å². The molecular formula is C18H17BrN2O4S. The lowest BCUT2D eigenvalue weighted by Gasteiger charge is -2.09. The van der Waals surface area contributed by atoms with Gasteiger partial charge in [0.1, 0.15) is 0 Å². The Hall–Kier alpha value is -2.32. The van der Waals surface area contributed by atoms with Crippen LogP contribution < -0.4 is 10.9 Å². The lowest BCUT2D eigenvalue weighted by Crippen LogP contribution is -2.43. The number of esters is 1. The molecule has 2 rings (SSSR count). The van der Waals surface area contributed by atoms with Crippen LogP contribution in [0.5, 0.6) is 0 Å². The van der Waals surface area contributed by atoms with Gasteiger partial charge in [0.05, 0.1) is 5.75 Å². The van der Waals surface area contributed by atoms with Crippen molar-refractivity contribution in [2.24, 2.45) is 0 Å². The van der Waals surface area contributed by atoms with Crippen LogP contribution in [-0.4, -0.2) is 30.1 Å². The van der Waals surface area contributed by atoms with E-state index in [0.29, 0.717) is 5.56 Å². The van der Waals surface area contributed by atoms with Crippen molar-refractivity contribution in [3.63, 3.8) is 0 Å². The van der Waals surface area contributed by atoms with Crippen molar-refractivity contribution in [3.8, 4) is 0 Å². The fraction of sp³-hybridized carbons (Fsp3) is 0.167. The lowest BCUT2D eigenvalue weighted by molar-refractivity contribution is -0.146. The van der Waals surface area contributed by atoms with Crippen molar-refractivity contribution in [1.29, 1.82) is 0 Å². The molecule has 2 aromatic carbocycles. The second-order valence-corrected chi connectivity index (χ2v) is 7.16. The van der Waals surface area contributed by atoms with E-state index in [0.717, 1.165) is 14.9 Å². The lowest BCUT2D eigenvalue weighted by atomic mass is 10.2. The molecule has 0 atom stereocenters. The number of benzene rings is 2. The number of amides is 2. The molecule has 2 aromatic rings. The minimum atomic E-state index is -0.618. The summed E-state index contributed by atoms with van der Waals surface area (Å²) in [4.78, 5) is 36.1. The van der Waals surface area contributed by atoms with Crippen molar-refractivity contribution >= 4 is 45.5 Å². The van der Waals surface area contributed by atoms with Gasteiger partial charge in [0.15, 0.2) is 6.61 Å². The summed E-state index contributed by atoms with van der Waals surface area (Å²) in [6.07, 6.45) is 0. The van der Waals surface area contributed by atoms with Crippen molar-refractivity contribution in [1.82, 2.24) is 10.9 Å². The van der Waals surface area contributed by atoms with Crippen LogP contribution in [0.2, 0.25) is 0 Å². The number of hydrogen-bond acceptors (Lipinski definition) is 5. The van der Waals surface area contributed by atoms with Crippen molar-refractivity contribution in [2.75, 3.05) is 12.4 Å². The Morgan fingerprint density at radius 3 is 2.50 bits per heavy atom. The molecule has 136 valence electrons. The molecule has 0 saturated heterocycles. The smallest absolute Gasteiger partial charge is 0.316 e. The Kier molecular flexibility index (Phi) is 7.68. The van der Waals surface area contributed by atoms with Gasteiger partial charge in [-0.25, -0.2) is 0 Å². The van der Waals surface area contributed by atoms with E-state index >= 15 is 0 Å². The summed E-state index contributed by atoms with van der Waals surface area (Å²) in [6, 6.07) is 14.2. The zero-order valence-corrected chi connectivity index (χ0v) is 16.4. The SMILES string of the molecule is Cc1cc(Br)ccc1SCC(=O)OCC(=O)NNC(=O)c1ccccc1. The van der Waals surface area contributed by atoms with Crippen molar-refractivity contribution in [2.45, 2.75) is 11.8 Å². The Morgan fingerprint density at radius 1 is 1.08 bits per heavy atom. The highest BCUT2D eigenvalue weighted by molar-refractivity contribution is 9.10. The van der Waals surface area contributed by atoms with Crippen LogP contribution in [0.4, 0.5) is 0 Å². The number of aryl methyl sites for hydroxylation is 1. The standard InChI is InChI=1S/C18H17BrN2O4S/c1-12-9-14(19)7-8-15(12)26-11-17(23)25-10-16(22)20-21-18(24)13-5-3-2-4-6-13/h2-9H,10-11H2,1H3,(H,20,22)(H,21,24). The van der Waals surface area contributed by atoms with Crippen LogP contribution in [0.15, 0.2) is 57.9 Å². The van der Waals surface area contributed by atoms with Crippen molar-refractivity contribution < 1.29 is 19.1 Å². The van der Waals surface area contributed by atoms with Crippen LogP contribution >= 0.6 is 27.7 Å². The maximum absolute atomic E-state index is 11.8. The third-order valence-electron chi connectivity index (χ3n) is 3.20. The Morgan fingerprint density at radius 2 is 1.81 bits per heavy atom. The molecule has 8 heteroatoms. The molecule has 0 radical (unpaired) electrons. The fourth-order valence-electron chi connectivity index (χ4n) is 1.92. The zero-order valence-electron chi connectivity index (χ0n) is 14.0. The highest BCUT2D eigenvalue weighted by atomic mass is 79.9. The molecule has 0 saturated carbocycles. The number of hydrazine groups is 1. The summed E-state index contributed by atoms with van der Waals surface area (Å²) >= 11 is 4.72. The summed E-state index contributed by atoms with van der Waals surface area (Å²) in [5.41, 5.74) is 5.90. The first-order valence-corrected chi connectivity index (χ1v) is 9.42. The van der Waals surface area contributed by atoms with Crippen LogP contribution in [-0.2, 0) is 14.3 Å². The molecule has 2 N–H and O–H groups in total. The Bertz CT molecular complexity index is 799. The molecule has 0 heterocycles. The van der Waals surface area contributed by atoms with Gasteiger partial charge in [0.25, 0.3) is 11.8 Å². The average Bonchev–Trinajstić information content (AvgIpc) is 2.64. The molecule has 26 heavy (non-hydrogen) atoms. The second kappa shape index (κ2) is 9.98. The van der Waals surface area contributed by atoms with E-state index in [1.165, 1.54) is 11.8 Å². The van der Waals surface area contributed by atoms with E-state index in [4.69, 9.17) is 4.74 Å². The first-order chi connectivity index (χ1) is 12.5. The van der Waals surface area contributed by atoms with Gasteiger partial charge >= 0.3 is 5.97 Å². The minimum absolute atomic E-state index is 0.0894. The predicted octanol–water partition coefficient (Wildman–Crippen LogP) is 2.85. The monoisotopic (exact) mass is 436 g/mol. The van der Waals surface area contributed by atoms with Gasteiger partial charge in [-0.2, -0.15) is 0 Å². The molecule has 0 aliphatic carbocycles. The largest absolute Gasteiger partial charge is 0.455 e. The maximum atomic E-state index is 11.8. The number of rotatable bonds is 6. The third-order valence-corrected chi connectivity index (χ3v) is 4.84. The van der Waals surface area contributed by atoms with Crippen LogP contribution in [0.3, 0.4) is 0 Å². The van der Waals surface area contributed by atoms with E-state index in [1.54, 1.807) is 30.3 Å². The number of thioether (sulfide) groups is 1. The molecule has 0 unspecified atom stereocenters. The highest BCUT2D eigenvalue weighted by Crippen LogP contribution is 2.25. The number of halogens is 1. The van der Waals surface area contributed by atoms with Gasteiger partial charge in [-0.3, -0.25) is 25.2 Å². The number of carbonyl (C=O) groups excluding carboxylic acids is 3. The summed E-state index contributed by atoms with van der Waals surface area (Å²) in [5.74, 6) is -1.49. The molecule has 0 aliphatic rings. The first-order valence-electron chi connectivity index (χ1n) is 7.64. The van der Waals surface area contributed by atoms with Crippen LogP contribution in [0, 0.1) is 6.92 Å². The second-order valence-electron chi connectivity index (χ2n) is 5.23. The third kappa shape index (κ3) is 6.53. The van der Waals surface area contributed by atoms with Gasteiger partial charge in [0, 0.05) is 14.9 Å². The summed E-state index contributed by atoms with van der Waals surface area (Å²) < 4.78 is 5.86. The first kappa shape index (κ1) is 20.0. The van der Waals surface area contributed by atoms with Gasteiger partial charge < -0.3 is 4.74 Å². The molecule has 0 aliphatic heterocycles. The normalized spacial score (nSPS) is 10.1. The Balaban J connectivity index is 1.68. The summed E-state index contributed by atoms with van der Waals surface area (Å²) in [6.45, 7) is 1.48.